The van der Waals surface area contributed by atoms with Gasteiger partial charge in [0.15, 0.2) is 12.0 Å². The van der Waals surface area contributed by atoms with E-state index in [-0.39, 0.29) is 12.1 Å². The molecular weight excluding hydrogens is 929 g/mol. The second-order valence-corrected chi connectivity index (χ2v) is 22.5. The first-order valence-corrected chi connectivity index (χ1v) is 27.2. The number of hydrogen-bond acceptors (Lipinski definition) is 5. The van der Waals surface area contributed by atoms with Crippen LogP contribution >= 0.6 is 0 Å². The van der Waals surface area contributed by atoms with Crippen molar-refractivity contribution in [3.05, 3.63) is 251 Å². The average Bonchev–Trinajstić information content (AvgIpc) is 3.70. The summed E-state index contributed by atoms with van der Waals surface area (Å²) in [6, 6.07) is 62.6. The van der Waals surface area contributed by atoms with Gasteiger partial charge in [0, 0.05) is 68.0 Å². The summed E-state index contributed by atoms with van der Waals surface area (Å²) < 4.78 is -0.828. The van der Waals surface area contributed by atoms with Crippen molar-refractivity contribution in [2.45, 2.75) is 79.8 Å². The van der Waals surface area contributed by atoms with Gasteiger partial charge in [-0.1, -0.05) is 159 Å². The lowest BCUT2D eigenvalue weighted by atomic mass is 9.73. The van der Waals surface area contributed by atoms with E-state index in [0.717, 1.165) is 80.2 Å². The number of carbonyl (C=O) groups excluding carboxylic acids is 1. The van der Waals surface area contributed by atoms with Crippen molar-refractivity contribution in [2.75, 3.05) is 21.7 Å². The third kappa shape index (κ3) is 8.68. The Morgan fingerprint density at radius 3 is 1.99 bits per heavy atom. The lowest BCUT2D eigenvalue weighted by Crippen LogP contribution is -2.53. The van der Waals surface area contributed by atoms with Crippen LogP contribution in [0.5, 0.6) is 0 Å². The predicted octanol–water partition coefficient (Wildman–Crippen LogP) is 18.0. The maximum absolute atomic E-state index is 17.1. The van der Waals surface area contributed by atoms with Crippen LogP contribution in [0.25, 0.3) is 27.2 Å². The number of nitrogens with one attached hydrogen (secondary N) is 1. The minimum absolute atomic E-state index is 0.0665. The highest BCUT2D eigenvalue weighted by Crippen LogP contribution is 2.57. The van der Waals surface area contributed by atoms with Crippen LogP contribution in [0, 0.1) is 42.2 Å². The summed E-state index contributed by atoms with van der Waals surface area (Å²) in [6.07, 6.45) is 12.3. The molecule has 3 aliphatic rings. The molecule has 382 valence electrons. The van der Waals surface area contributed by atoms with Crippen molar-refractivity contribution in [3.8, 4) is 0 Å². The monoisotopic (exact) mass is 999 g/mol. The molecule has 0 fully saturated rings. The van der Waals surface area contributed by atoms with Gasteiger partial charge in [-0.05, 0) is 154 Å². The number of benzene rings is 8. The van der Waals surface area contributed by atoms with E-state index < -0.39 is 16.1 Å². The number of nitrogens with zero attached hydrogens (tertiary/aromatic N) is 3. The molecule has 0 saturated heterocycles. The van der Waals surface area contributed by atoms with Crippen molar-refractivity contribution in [2.24, 2.45) is 23.2 Å². The van der Waals surface area contributed by atoms with E-state index >= 15 is 5.21 Å². The van der Waals surface area contributed by atoms with Crippen LogP contribution in [0.15, 0.2) is 223 Å². The van der Waals surface area contributed by atoms with Crippen LogP contribution < -0.4 is 19.8 Å². The summed E-state index contributed by atoms with van der Waals surface area (Å²) in [6.45, 7) is 18.3. The van der Waals surface area contributed by atoms with Crippen LogP contribution in [0.1, 0.15) is 82.7 Å². The third-order valence-corrected chi connectivity index (χ3v) is 17.7. The number of allylic oxidation sites excluding steroid dienone is 5. The number of aldehydes is 1. The van der Waals surface area contributed by atoms with Crippen LogP contribution in [-0.4, -0.2) is 18.4 Å². The molecule has 6 nitrogen and oxygen atoms in total. The Morgan fingerprint density at radius 2 is 1.29 bits per heavy atom. The van der Waals surface area contributed by atoms with Crippen LogP contribution in [-0.2, 0) is 4.79 Å². The maximum Gasteiger partial charge on any atom is 0.152 e. The Balaban J connectivity index is 1.11. The molecule has 0 radical (unpaired) electrons. The number of fused-ring (bicyclic) bond motifs is 2. The van der Waals surface area contributed by atoms with E-state index in [0.29, 0.717) is 40.3 Å². The maximum atomic E-state index is 17.1. The zero-order chi connectivity index (χ0) is 52.9. The van der Waals surface area contributed by atoms with Crippen LogP contribution in [0.4, 0.5) is 34.1 Å². The largest absolute Gasteiger partial charge is 0.622 e. The summed E-state index contributed by atoms with van der Waals surface area (Å²) >= 11 is 0. The normalized spacial score (nSPS) is 23.8. The van der Waals surface area contributed by atoms with Gasteiger partial charge in [0.2, 0.25) is 0 Å². The number of carbonyl (C=O) groups is 1. The molecule has 7 atom stereocenters. The molecule has 76 heavy (non-hydrogen) atoms. The minimum atomic E-state index is -1.05. The second kappa shape index (κ2) is 20.1. The molecule has 7 unspecified atom stereocenters. The summed E-state index contributed by atoms with van der Waals surface area (Å²) in [4.78, 5) is 19.5. The summed E-state index contributed by atoms with van der Waals surface area (Å²) in [5, 5.41) is 25.2. The van der Waals surface area contributed by atoms with Gasteiger partial charge < -0.3 is 20.3 Å². The summed E-state index contributed by atoms with van der Waals surface area (Å²) in [7, 11) is 0. The van der Waals surface area contributed by atoms with Crippen molar-refractivity contribution in [1.82, 2.24) is 4.65 Å². The molecule has 1 N–H and O–H groups in total. The lowest BCUT2D eigenvalue weighted by molar-refractivity contribution is -0.105. The molecule has 0 spiro atoms. The molecule has 0 amide bonds. The third-order valence-electron chi connectivity index (χ3n) is 17.7. The molecule has 0 bridgehead atoms. The van der Waals surface area contributed by atoms with Gasteiger partial charge in [-0.15, -0.1) is 0 Å². The standard InChI is InChI=1S/C70H70N4O2/c1-47-31-41-64(49(3)44-47)72(57-25-10-9-11-26-57)58-37-33-55(34-38-58)67-62(45-75)69(7,46-74(67,76)66-30-19-24-54-22-13-15-28-61(54)66)68(71-63-29-18-23-53-21-12-14-27-60(53)63)56-35-39-59(40-36-56)73(70(8)43-17-16-20-50(70)4)65-42-32-48(2)51(5)52(65)6/h9-19,21-42,44-45,50-52,68,71H,20,43,46H2,1-8H3. The number of hydroxylamine groups is 2. The van der Waals surface area contributed by atoms with E-state index in [1.165, 1.54) is 16.8 Å². The van der Waals surface area contributed by atoms with E-state index in [9.17, 15) is 4.79 Å². The van der Waals surface area contributed by atoms with Gasteiger partial charge in [-0.2, -0.15) is 0 Å². The fourth-order valence-corrected chi connectivity index (χ4v) is 13.0. The van der Waals surface area contributed by atoms with E-state index in [2.05, 4.69) is 228 Å². The van der Waals surface area contributed by atoms with E-state index in [4.69, 9.17) is 0 Å². The molecule has 1 aliphatic heterocycles. The Bertz CT molecular complexity index is 3600. The van der Waals surface area contributed by atoms with Crippen LogP contribution in [0.2, 0.25) is 0 Å². The lowest BCUT2D eigenvalue weighted by Gasteiger charge is -2.51. The molecule has 0 saturated carbocycles. The van der Waals surface area contributed by atoms with Gasteiger partial charge >= 0.3 is 0 Å². The van der Waals surface area contributed by atoms with Crippen molar-refractivity contribution in [1.29, 1.82) is 0 Å². The second-order valence-electron chi connectivity index (χ2n) is 22.5. The highest BCUT2D eigenvalue weighted by Gasteiger charge is 2.55. The number of rotatable bonds is 13. The van der Waals surface area contributed by atoms with Crippen molar-refractivity contribution in [3.63, 3.8) is 0 Å². The summed E-state index contributed by atoms with van der Waals surface area (Å²) in [5.41, 5.74) is 12.2. The molecule has 11 rings (SSSR count). The Labute approximate surface area is 450 Å². The zero-order valence-corrected chi connectivity index (χ0v) is 45.3. The Morgan fingerprint density at radius 1 is 0.658 bits per heavy atom. The SMILES string of the molecule is CC1=CC=C(N(c2ccc(C(Nc3cccc4ccccc34)C3(C)C[N+]([O-])(c4cccc5ccccc45)C(c4ccc(N(c5ccccc5)c5ccc(C)cc5C)cc4)=C3C=O)cc2)C2(C)CC=CCC2C)C(C)C1C. The number of anilines is 5. The molecule has 1 heterocycles. The fraction of sp³-hybridized carbons (Fsp3) is 0.243. The molecule has 8 aromatic rings. The first-order valence-electron chi connectivity index (χ1n) is 27.2. The molecule has 0 aromatic heterocycles. The van der Waals surface area contributed by atoms with Gasteiger partial charge in [-0.3, -0.25) is 9.44 Å². The van der Waals surface area contributed by atoms with E-state index in [1.54, 1.807) is 0 Å². The van der Waals surface area contributed by atoms with Crippen molar-refractivity contribution < 1.29 is 4.79 Å². The van der Waals surface area contributed by atoms with E-state index in [1.807, 2.05) is 48.5 Å². The number of quaternary nitrogens is 1. The number of hydrogen-bond donors (Lipinski definition) is 1. The van der Waals surface area contributed by atoms with Gasteiger partial charge in [-0.25, -0.2) is 0 Å². The Kier molecular flexibility index (Phi) is 13.3. The van der Waals surface area contributed by atoms with Crippen molar-refractivity contribution >= 4 is 67.7 Å². The number of aryl methyl sites for hydroxylation is 2. The highest BCUT2D eigenvalue weighted by atomic mass is 16.5. The minimum Gasteiger partial charge on any atom is -0.622 e. The molecule has 2 aliphatic carbocycles. The molecule has 6 heteroatoms. The van der Waals surface area contributed by atoms with Gasteiger partial charge in [0.05, 0.1) is 17.0 Å². The fourth-order valence-electron chi connectivity index (χ4n) is 13.0. The topological polar surface area (TPSA) is 58.6 Å². The molecule has 8 aromatic carbocycles. The Hall–Kier alpha value is -7.77. The van der Waals surface area contributed by atoms with Crippen LogP contribution in [0.3, 0.4) is 0 Å². The average molecular weight is 999 g/mol. The first kappa shape index (κ1) is 50.4. The zero-order valence-electron chi connectivity index (χ0n) is 45.3. The summed E-state index contributed by atoms with van der Waals surface area (Å²) in [5.74, 6) is 1.13. The smallest absolute Gasteiger partial charge is 0.152 e. The van der Waals surface area contributed by atoms with Gasteiger partial charge in [0.25, 0.3) is 0 Å². The quantitative estimate of drug-likeness (QED) is 0.0540. The predicted molar refractivity (Wildman–Crippen MR) is 321 cm³/mol. The first-order chi connectivity index (χ1) is 36.7. The number of para-hydroxylation sites is 1. The van der Waals surface area contributed by atoms with Gasteiger partial charge in [0.1, 0.15) is 12.2 Å². The molecular formula is C70H70N4O2. The highest BCUT2D eigenvalue weighted by molar-refractivity contribution is 6.02.